The molecule has 1 aromatic heterocycles. The molecule has 1 heterocycles. The van der Waals surface area contributed by atoms with Crippen LogP contribution in [0.15, 0.2) is 12.1 Å². The molecule has 0 radical (unpaired) electrons. The van der Waals surface area contributed by atoms with E-state index >= 15 is 0 Å². The van der Waals surface area contributed by atoms with Gasteiger partial charge < -0.3 is 10.1 Å². The number of anilines is 1. The first kappa shape index (κ1) is 12.8. The van der Waals surface area contributed by atoms with Gasteiger partial charge >= 0.3 is 5.69 Å². The number of aromatic nitrogens is 1. The summed E-state index contributed by atoms with van der Waals surface area (Å²) in [6, 6.07) is 2.68. The number of hydrogen-bond donors (Lipinski definition) is 1. The summed E-state index contributed by atoms with van der Waals surface area (Å²) < 4.78 is 4.92. The van der Waals surface area contributed by atoms with Gasteiger partial charge in [-0.1, -0.05) is 0 Å². The number of methoxy groups -OCH3 is 1. The van der Waals surface area contributed by atoms with Gasteiger partial charge in [-0.2, -0.15) is 4.98 Å². The molecule has 0 saturated carbocycles. The summed E-state index contributed by atoms with van der Waals surface area (Å²) in [5.74, 6) is 2.95. The van der Waals surface area contributed by atoms with Crippen LogP contribution in [0, 0.1) is 22.5 Å². The zero-order valence-electron chi connectivity index (χ0n) is 9.64. The van der Waals surface area contributed by atoms with Crippen molar-refractivity contribution in [3.05, 3.63) is 22.2 Å². The Morgan fingerprint density at radius 3 is 2.94 bits per heavy atom. The van der Waals surface area contributed by atoms with Crippen LogP contribution in [0.4, 0.5) is 11.5 Å². The maximum atomic E-state index is 10.8. The Kier molecular flexibility index (Phi) is 4.29. The third-order valence-corrected chi connectivity index (χ3v) is 2.06. The Balaban J connectivity index is 3.01. The van der Waals surface area contributed by atoms with Gasteiger partial charge in [0.05, 0.1) is 12.0 Å². The molecule has 90 valence electrons. The Bertz CT molecular complexity index is 454. The summed E-state index contributed by atoms with van der Waals surface area (Å²) in [5, 5.41) is 13.7. The number of nitrogens with zero attached hydrogens (tertiary/aromatic N) is 2. The molecule has 0 aliphatic carbocycles. The van der Waals surface area contributed by atoms with Gasteiger partial charge in [-0.15, -0.1) is 12.3 Å². The van der Waals surface area contributed by atoms with E-state index in [-0.39, 0.29) is 17.5 Å². The second-order valence-corrected chi connectivity index (χ2v) is 3.43. The highest BCUT2D eigenvalue weighted by atomic mass is 16.6. The van der Waals surface area contributed by atoms with Crippen molar-refractivity contribution < 1.29 is 9.66 Å². The van der Waals surface area contributed by atoms with Gasteiger partial charge in [0, 0.05) is 24.6 Å². The van der Waals surface area contributed by atoms with Crippen molar-refractivity contribution >= 4 is 11.5 Å². The largest absolute Gasteiger partial charge is 0.481 e. The third kappa shape index (κ3) is 3.34. The Hall–Kier alpha value is -2.29. The highest BCUT2D eigenvalue weighted by Gasteiger charge is 2.17. The number of terminal acetylenes is 1. The lowest BCUT2D eigenvalue weighted by atomic mass is 10.2. The maximum absolute atomic E-state index is 10.8. The lowest BCUT2D eigenvalue weighted by Crippen LogP contribution is -2.16. The molecule has 0 aliphatic heterocycles. The van der Waals surface area contributed by atoms with Gasteiger partial charge in [-0.05, 0) is 6.92 Å². The van der Waals surface area contributed by atoms with E-state index in [0.717, 1.165) is 0 Å². The molecule has 0 aromatic carbocycles. The molecule has 1 N–H and O–H groups in total. The van der Waals surface area contributed by atoms with Crippen molar-refractivity contribution in [3.8, 4) is 18.2 Å². The van der Waals surface area contributed by atoms with Crippen molar-refractivity contribution in [1.29, 1.82) is 0 Å². The second kappa shape index (κ2) is 5.70. The lowest BCUT2D eigenvalue weighted by molar-refractivity contribution is -0.384. The van der Waals surface area contributed by atoms with E-state index in [4.69, 9.17) is 11.2 Å². The average molecular weight is 235 g/mol. The smallest absolute Gasteiger partial charge is 0.311 e. The number of rotatable bonds is 5. The molecule has 0 spiro atoms. The van der Waals surface area contributed by atoms with Crippen LogP contribution in [-0.2, 0) is 0 Å². The number of nitrogens with one attached hydrogen (secondary N) is 1. The van der Waals surface area contributed by atoms with Crippen LogP contribution in [-0.4, -0.2) is 23.1 Å². The zero-order valence-corrected chi connectivity index (χ0v) is 9.64. The SMILES string of the molecule is C#CCC(C)Nc1nc(OC)ccc1[N+](=O)[O-]. The molecule has 0 aliphatic rings. The Morgan fingerprint density at radius 1 is 1.71 bits per heavy atom. The number of nitro groups is 1. The fourth-order valence-electron chi connectivity index (χ4n) is 1.26. The van der Waals surface area contributed by atoms with Crippen LogP contribution < -0.4 is 10.1 Å². The van der Waals surface area contributed by atoms with Gasteiger partial charge in [-0.25, -0.2) is 0 Å². The molecule has 1 atom stereocenters. The minimum Gasteiger partial charge on any atom is -0.481 e. The molecular weight excluding hydrogens is 222 g/mol. The predicted molar refractivity (Wildman–Crippen MR) is 64.0 cm³/mol. The van der Waals surface area contributed by atoms with Gasteiger partial charge in [-0.3, -0.25) is 10.1 Å². The molecule has 1 rings (SSSR count). The van der Waals surface area contributed by atoms with Gasteiger partial charge in [0.1, 0.15) is 0 Å². The lowest BCUT2D eigenvalue weighted by Gasteiger charge is -2.12. The van der Waals surface area contributed by atoms with Crippen molar-refractivity contribution in [1.82, 2.24) is 4.98 Å². The molecule has 0 bridgehead atoms. The molecule has 0 saturated heterocycles. The van der Waals surface area contributed by atoms with E-state index in [2.05, 4.69) is 16.2 Å². The van der Waals surface area contributed by atoms with E-state index in [0.29, 0.717) is 12.3 Å². The van der Waals surface area contributed by atoms with Crippen molar-refractivity contribution in [2.45, 2.75) is 19.4 Å². The van der Waals surface area contributed by atoms with E-state index in [1.807, 2.05) is 6.92 Å². The summed E-state index contributed by atoms with van der Waals surface area (Å²) >= 11 is 0. The van der Waals surface area contributed by atoms with Crippen LogP contribution in [0.25, 0.3) is 0 Å². The van der Waals surface area contributed by atoms with Crippen molar-refractivity contribution in [2.24, 2.45) is 0 Å². The summed E-state index contributed by atoms with van der Waals surface area (Å²) in [4.78, 5) is 14.3. The predicted octanol–water partition coefficient (Wildman–Crippen LogP) is 1.82. The minimum absolute atomic E-state index is 0.0988. The van der Waals surface area contributed by atoms with Crippen LogP contribution in [0.5, 0.6) is 5.88 Å². The van der Waals surface area contributed by atoms with Crippen LogP contribution in [0.2, 0.25) is 0 Å². The molecule has 6 heteroatoms. The zero-order chi connectivity index (χ0) is 12.8. The van der Waals surface area contributed by atoms with Gasteiger partial charge in [0.25, 0.3) is 0 Å². The molecule has 1 aromatic rings. The van der Waals surface area contributed by atoms with Crippen LogP contribution in [0.3, 0.4) is 0 Å². The quantitative estimate of drug-likeness (QED) is 0.478. The molecular formula is C11H13N3O3. The molecule has 1 unspecified atom stereocenters. The van der Waals surface area contributed by atoms with E-state index < -0.39 is 4.92 Å². The highest BCUT2D eigenvalue weighted by molar-refractivity contribution is 5.57. The second-order valence-electron chi connectivity index (χ2n) is 3.43. The third-order valence-electron chi connectivity index (χ3n) is 2.06. The van der Waals surface area contributed by atoms with E-state index in [1.165, 1.54) is 19.2 Å². The normalized spacial score (nSPS) is 11.4. The fourth-order valence-corrected chi connectivity index (χ4v) is 1.26. The maximum Gasteiger partial charge on any atom is 0.311 e. The highest BCUT2D eigenvalue weighted by Crippen LogP contribution is 2.25. The summed E-state index contributed by atoms with van der Waals surface area (Å²) in [7, 11) is 1.45. The van der Waals surface area contributed by atoms with Crippen LogP contribution in [0.1, 0.15) is 13.3 Å². The number of pyridine rings is 1. The van der Waals surface area contributed by atoms with Gasteiger partial charge in [0.15, 0.2) is 0 Å². The van der Waals surface area contributed by atoms with E-state index in [1.54, 1.807) is 0 Å². The summed E-state index contributed by atoms with van der Waals surface area (Å²) in [6.45, 7) is 1.82. The molecule has 6 nitrogen and oxygen atoms in total. The monoisotopic (exact) mass is 235 g/mol. The average Bonchev–Trinajstić information content (AvgIpc) is 2.28. The topological polar surface area (TPSA) is 77.3 Å². The van der Waals surface area contributed by atoms with Gasteiger partial charge in [0.2, 0.25) is 11.7 Å². The first-order chi connectivity index (χ1) is 8.08. The molecule has 0 fully saturated rings. The fraction of sp³-hybridized carbons (Fsp3) is 0.364. The minimum atomic E-state index is -0.503. The van der Waals surface area contributed by atoms with Crippen molar-refractivity contribution in [3.63, 3.8) is 0 Å². The summed E-state index contributed by atoms with van der Waals surface area (Å²) in [5.41, 5.74) is -0.102. The van der Waals surface area contributed by atoms with Crippen LogP contribution >= 0.6 is 0 Å². The Morgan fingerprint density at radius 2 is 2.41 bits per heavy atom. The first-order valence-corrected chi connectivity index (χ1v) is 4.98. The number of ether oxygens (including phenoxy) is 1. The Labute approximate surface area is 99.2 Å². The van der Waals surface area contributed by atoms with E-state index in [9.17, 15) is 10.1 Å². The van der Waals surface area contributed by atoms with Crippen molar-refractivity contribution in [2.75, 3.05) is 12.4 Å². The standard InChI is InChI=1S/C11H13N3O3/c1-4-5-8(2)12-11-9(14(15)16)6-7-10(13-11)17-3/h1,6-8H,5H2,2-3H3,(H,12,13). The first-order valence-electron chi connectivity index (χ1n) is 4.98. The number of hydrogen-bond acceptors (Lipinski definition) is 5. The molecule has 0 amide bonds. The summed E-state index contributed by atoms with van der Waals surface area (Å²) in [6.07, 6.45) is 5.62. The molecule has 17 heavy (non-hydrogen) atoms.